The Balaban J connectivity index is 1.62. The predicted octanol–water partition coefficient (Wildman–Crippen LogP) is 2.97. The van der Waals surface area contributed by atoms with Crippen molar-refractivity contribution in [3.8, 4) is 5.75 Å². The standard InChI is InChI=1S/C22H24N2O4S/c1-24(29(2,26)27)21(18-9-4-3-5-10-18)22(25)23-14-15-28-20-13-12-17-8-6-7-11-19(17)16-20/h3-13,16,21H,14-15H2,1-2H3,(H,23,25)/t21-/m0/s1. The summed E-state index contributed by atoms with van der Waals surface area (Å²) in [6.07, 6.45) is 1.08. The van der Waals surface area contributed by atoms with Crippen LogP contribution < -0.4 is 10.1 Å². The van der Waals surface area contributed by atoms with Gasteiger partial charge in [-0.25, -0.2) is 8.42 Å². The number of nitrogens with zero attached hydrogens (tertiary/aromatic N) is 1. The highest BCUT2D eigenvalue weighted by molar-refractivity contribution is 7.88. The minimum Gasteiger partial charge on any atom is -0.492 e. The molecule has 0 aromatic heterocycles. The molecule has 0 fully saturated rings. The Hall–Kier alpha value is -2.90. The van der Waals surface area contributed by atoms with Crippen LogP contribution in [0.3, 0.4) is 0 Å². The molecular formula is C22H24N2O4S. The van der Waals surface area contributed by atoms with Gasteiger partial charge in [0, 0.05) is 7.05 Å². The Kier molecular flexibility index (Phi) is 6.51. The summed E-state index contributed by atoms with van der Waals surface area (Å²) in [5.41, 5.74) is 0.605. The zero-order valence-electron chi connectivity index (χ0n) is 16.4. The minimum absolute atomic E-state index is 0.257. The topological polar surface area (TPSA) is 75.7 Å². The van der Waals surface area contributed by atoms with Gasteiger partial charge in [-0.05, 0) is 28.5 Å². The molecule has 0 heterocycles. The third kappa shape index (κ3) is 5.34. The zero-order valence-corrected chi connectivity index (χ0v) is 17.2. The van der Waals surface area contributed by atoms with Gasteiger partial charge in [0.2, 0.25) is 15.9 Å². The van der Waals surface area contributed by atoms with Crippen LogP contribution in [-0.4, -0.2) is 45.1 Å². The van der Waals surface area contributed by atoms with Crippen LogP contribution in [0.25, 0.3) is 10.8 Å². The Labute approximate surface area is 171 Å². The van der Waals surface area contributed by atoms with Gasteiger partial charge < -0.3 is 10.1 Å². The molecule has 0 unspecified atom stereocenters. The number of rotatable bonds is 8. The first-order valence-corrected chi connectivity index (χ1v) is 11.1. The number of hydrogen-bond donors (Lipinski definition) is 1. The quantitative estimate of drug-likeness (QED) is 0.577. The molecule has 1 N–H and O–H groups in total. The molecule has 0 aliphatic rings. The minimum atomic E-state index is -3.55. The van der Waals surface area contributed by atoms with E-state index in [1.54, 1.807) is 24.3 Å². The van der Waals surface area contributed by atoms with E-state index in [2.05, 4.69) is 5.32 Å². The van der Waals surface area contributed by atoms with Gasteiger partial charge >= 0.3 is 0 Å². The molecule has 6 nitrogen and oxygen atoms in total. The van der Waals surface area contributed by atoms with E-state index in [0.29, 0.717) is 11.3 Å². The van der Waals surface area contributed by atoms with Crippen LogP contribution >= 0.6 is 0 Å². The first-order chi connectivity index (χ1) is 13.9. The lowest BCUT2D eigenvalue weighted by atomic mass is 10.1. The Morgan fingerprint density at radius 3 is 2.34 bits per heavy atom. The van der Waals surface area contributed by atoms with Gasteiger partial charge in [-0.1, -0.05) is 60.7 Å². The summed E-state index contributed by atoms with van der Waals surface area (Å²) in [6.45, 7) is 0.529. The van der Waals surface area contributed by atoms with Gasteiger partial charge in [0.1, 0.15) is 18.4 Å². The molecule has 0 spiro atoms. The lowest BCUT2D eigenvalue weighted by molar-refractivity contribution is -0.124. The van der Waals surface area contributed by atoms with Gasteiger partial charge in [0.15, 0.2) is 0 Å². The Morgan fingerprint density at radius 2 is 1.66 bits per heavy atom. The second kappa shape index (κ2) is 9.07. The third-order valence-corrected chi connectivity index (χ3v) is 5.90. The summed E-state index contributed by atoms with van der Waals surface area (Å²) in [6, 6.07) is 21.7. The molecule has 7 heteroatoms. The van der Waals surface area contributed by atoms with Gasteiger partial charge in [-0.3, -0.25) is 4.79 Å². The molecule has 29 heavy (non-hydrogen) atoms. The highest BCUT2D eigenvalue weighted by atomic mass is 32.2. The van der Waals surface area contributed by atoms with Crippen LogP contribution in [0, 0.1) is 0 Å². The van der Waals surface area contributed by atoms with Crippen molar-refractivity contribution in [3.05, 3.63) is 78.4 Å². The number of fused-ring (bicyclic) bond motifs is 1. The summed E-state index contributed by atoms with van der Waals surface area (Å²) >= 11 is 0. The lowest BCUT2D eigenvalue weighted by Crippen LogP contribution is -2.42. The molecule has 0 aliphatic carbocycles. The number of benzene rings is 3. The number of sulfonamides is 1. The molecule has 152 valence electrons. The normalized spacial score (nSPS) is 12.7. The average Bonchev–Trinajstić information content (AvgIpc) is 2.71. The van der Waals surface area contributed by atoms with Crippen LogP contribution in [-0.2, 0) is 14.8 Å². The van der Waals surface area contributed by atoms with Crippen molar-refractivity contribution in [2.45, 2.75) is 6.04 Å². The van der Waals surface area contributed by atoms with E-state index in [1.165, 1.54) is 7.05 Å². The van der Waals surface area contributed by atoms with Crippen molar-refractivity contribution in [2.24, 2.45) is 0 Å². The number of carbonyl (C=O) groups excluding carboxylic acids is 1. The number of hydrogen-bond acceptors (Lipinski definition) is 4. The summed E-state index contributed by atoms with van der Waals surface area (Å²) in [7, 11) is -2.15. The van der Waals surface area contributed by atoms with Crippen LogP contribution in [0.2, 0.25) is 0 Å². The number of carbonyl (C=O) groups is 1. The maximum absolute atomic E-state index is 12.7. The largest absolute Gasteiger partial charge is 0.492 e. The van der Waals surface area contributed by atoms with Crippen molar-refractivity contribution >= 4 is 26.7 Å². The average molecular weight is 413 g/mol. The van der Waals surface area contributed by atoms with E-state index in [-0.39, 0.29) is 13.2 Å². The monoisotopic (exact) mass is 412 g/mol. The second-order valence-corrected chi connectivity index (χ2v) is 8.78. The van der Waals surface area contributed by atoms with Gasteiger partial charge in [-0.2, -0.15) is 4.31 Å². The number of ether oxygens (including phenoxy) is 1. The van der Waals surface area contributed by atoms with Crippen LogP contribution in [0.5, 0.6) is 5.75 Å². The predicted molar refractivity (Wildman–Crippen MR) is 114 cm³/mol. The highest BCUT2D eigenvalue weighted by Gasteiger charge is 2.30. The van der Waals surface area contributed by atoms with Gasteiger partial charge in [-0.15, -0.1) is 0 Å². The van der Waals surface area contributed by atoms with E-state index >= 15 is 0 Å². The zero-order chi connectivity index (χ0) is 20.9. The van der Waals surface area contributed by atoms with Crippen molar-refractivity contribution in [1.29, 1.82) is 0 Å². The molecule has 1 amide bonds. The summed E-state index contributed by atoms with van der Waals surface area (Å²) < 4.78 is 30.8. The highest BCUT2D eigenvalue weighted by Crippen LogP contribution is 2.22. The lowest BCUT2D eigenvalue weighted by Gasteiger charge is -2.25. The fraction of sp³-hybridized carbons (Fsp3) is 0.227. The molecule has 0 radical (unpaired) electrons. The fourth-order valence-corrected chi connectivity index (χ4v) is 3.65. The van der Waals surface area contributed by atoms with Crippen molar-refractivity contribution in [1.82, 2.24) is 9.62 Å². The van der Waals surface area contributed by atoms with Crippen molar-refractivity contribution < 1.29 is 17.9 Å². The van der Waals surface area contributed by atoms with Gasteiger partial charge in [0.05, 0.1) is 12.8 Å². The summed E-state index contributed by atoms with van der Waals surface area (Å²) in [5.74, 6) is 0.317. The first-order valence-electron chi connectivity index (χ1n) is 9.23. The number of amides is 1. The van der Waals surface area contributed by atoms with Crippen LogP contribution in [0.1, 0.15) is 11.6 Å². The van der Waals surface area contributed by atoms with E-state index < -0.39 is 22.0 Å². The fourth-order valence-electron chi connectivity index (χ4n) is 3.05. The van der Waals surface area contributed by atoms with Crippen molar-refractivity contribution in [3.63, 3.8) is 0 Å². The number of nitrogens with one attached hydrogen (secondary N) is 1. The smallest absolute Gasteiger partial charge is 0.243 e. The summed E-state index contributed by atoms with van der Waals surface area (Å²) in [5, 5.41) is 4.98. The maximum atomic E-state index is 12.7. The van der Waals surface area contributed by atoms with Crippen molar-refractivity contribution in [2.75, 3.05) is 26.5 Å². The molecule has 3 aromatic carbocycles. The molecule has 0 saturated carbocycles. The maximum Gasteiger partial charge on any atom is 0.243 e. The number of likely N-dealkylation sites (N-methyl/N-ethyl adjacent to an activating group) is 1. The second-order valence-electron chi connectivity index (χ2n) is 6.74. The molecule has 3 aromatic rings. The Morgan fingerprint density at radius 1 is 1.00 bits per heavy atom. The molecule has 1 atom stereocenters. The van der Waals surface area contributed by atoms with Crippen LogP contribution in [0.15, 0.2) is 72.8 Å². The van der Waals surface area contributed by atoms with Gasteiger partial charge in [0.25, 0.3) is 0 Å². The SMILES string of the molecule is CN([C@H](C(=O)NCCOc1ccc2ccccc2c1)c1ccccc1)S(C)(=O)=O. The first kappa shape index (κ1) is 20.8. The van der Waals surface area contributed by atoms with E-state index in [0.717, 1.165) is 21.3 Å². The third-order valence-electron chi connectivity index (χ3n) is 4.64. The molecule has 0 aliphatic heterocycles. The molecule has 0 bridgehead atoms. The molecular weight excluding hydrogens is 388 g/mol. The summed E-state index contributed by atoms with van der Waals surface area (Å²) in [4.78, 5) is 12.7. The van der Waals surface area contributed by atoms with E-state index in [4.69, 9.17) is 4.74 Å². The van der Waals surface area contributed by atoms with E-state index in [9.17, 15) is 13.2 Å². The molecule has 3 rings (SSSR count). The van der Waals surface area contributed by atoms with E-state index in [1.807, 2.05) is 48.5 Å². The molecule has 0 saturated heterocycles. The van der Waals surface area contributed by atoms with Crippen LogP contribution in [0.4, 0.5) is 0 Å². The Bertz CT molecular complexity index is 1080.